The van der Waals surface area contributed by atoms with E-state index in [2.05, 4.69) is 12.1 Å². The largest absolute Gasteiger partial charge is 0.490 e. The highest BCUT2D eigenvalue weighted by Crippen LogP contribution is 2.31. The van der Waals surface area contributed by atoms with Crippen LogP contribution in [0.2, 0.25) is 0 Å². The molecule has 1 atom stereocenters. The lowest BCUT2D eigenvalue weighted by Crippen LogP contribution is -2.10. The molecule has 2 fully saturated rings. The zero-order valence-electron chi connectivity index (χ0n) is 10.7. The number of carbonyl (C=O) groups is 1. The molecule has 2 saturated carbocycles. The standard InChI is InChI=1S/C16H20O2/c17-16-5-3-1-2-4-15(16)12-6-8-13(9-7-12)18-14-10-11-14/h6-9,14-15H,1-5,10-11H2. The molecule has 0 aliphatic heterocycles. The van der Waals surface area contributed by atoms with E-state index >= 15 is 0 Å². The average molecular weight is 244 g/mol. The minimum atomic E-state index is 0.127. The normalized spacial score (nSPS) is 24.7. The van der Waals surface area contributed by atoms with E-state index in [0.717, 1.165) is 25.0 Å². The van der Waals surface area contributed by atoms with Crippen LogP contribution < -0.4 is 4.74 Å². The van der Waals surface area contributed by atoms with E-state index in [-0.39, 0.29) is 5.92 Å². The van der Waals surface area contributed by atoms with Crippen LogP contribution in [0.5, 0.6) is 5.75 Å². The fourth-order valence-electron chi connectivity index (χ4n) is 2.67. The van der Waals surface area contributed by atoms with Gasteiger partial charge in [0.15, 0.2) is 0 Å². The first-order chi connectivity index (χ1) is 8.83. The Morgan fingerprint density at radius 1 is 0.944 bits per heavy atom. The summed E-state index contributed by atoms with van der Waals surface area (Å²) in [5, 5.41) is 0. The van der Waals surface area contributed by atoms with Crippen LogP contribution in [0.25, 0.3) is 0 Å². The smallest absolute Gasteiger partial charge is 0.140 e. The lowest BCUT2D eigenvalue weighted by atomic mass is 9.91. The lowest BCUT2D eigenvalue weighted by molar-refractivity contribution is -0.120. The van der Waals surface area contributed by atoms with E-state index in [4.69, 9.17) is 4.74 Å². The maximum Gasteiger partial charge on any atom is 0.140 e. The zero-order valence-corrected chi connectivity index (χ0v) is 10.7. The second kappa shape index (κ2) is 5.13. The predicted octanol–water partition coefficient (Wildman–Crippen LogP) is 3.84. The molecule has 0 heterocycles. The van der Waals surface area contributed by atoms with Crippen molar-refractivity contribution in [2.45, 2.75) is 57.0 Å². The third-order valence-corrected chi connectivity index (χ3v) is 3.91. The Bertz CT molecular complexity index is 417. The molecule has 18 heavy (non-hydrogen) atoms. The average Bonchev–Trinajstić information content (AvgIpc) is 3.19. The monoisotopic (exact) mass is 244 g/mol. The van der Waals surface area contributed by atoms with Crippen LogP contribution in [0.1, 0.15) is 56.4 Å². The van der Waals surface area contributed by atoms with Crippen molar-refractivity contribution in [1.82, 2.24) is 0 Å². The Balaban J connectivity index is 1.71. The molecule has 0 saturated heterocycles. The van der Waals surface area contributed by atoms with Crippen molar-refractivity contribution in [1.29, 1.82) is 0 Å². The highest BCUT2D eigenvalue weighted by molar-refractivity contribution is 5.85. The van der Waals surface area contributed by atoms with Gasteiger partial charge in [0.1, 0.15) is 11.5 Å². The van der Waals surface area contributed by atoms with Gasteiger partial charge in [-0.3, -0.25) is 4.79 Å². The highest BCUT2D eigenvalue weighted by Gasteiger charge is 2.24. The summed E-state index contributed by atoms with van der Waals surface area (Å²) in [6.07, 6.45) is 8.02. The summed E-state index contributed by atoms with van der Waals surface area (Å²) in [4.78, 5) is 12.1. The molecular formula is C16H20O2. The molecular weight excluding hydrogens is 224 g/mol. The summed E-state index contributed by atoms with van der Waals surface area (Å²) in [6.45, 7) is 0. The first-order valence-electron chi connectivity index (χ1n) is 7.12. The maximum atomic E-state index is 12.1. The molecule has 0 amide bonds. The van der Waals surface area contributed by atoms with Crippen molar-refractivity contribution in [3.63, 3.8) is 0 Å². The molecule has 0 radical (unpaired) electrons. The lowest BCUT2D eigenvalue weighted by Gasteiger charge is -2.14. The van der Waals surface area contributed by atoms with Crippen molar-refractivity contribution in [2.75, 3.05) is 0 Å². The first kappa shape index (κ1) is 11.8. The number of Topliss-reactive ketones (excluding diaryl/α,β-unsaturated/α-hetero) is 1. The number of benzene rings is 1. The van der Waals surface area contributed by atoms with Gasteiger partial charge in [0.05, 0.1) is 6.10 Å². The molecule has 2 heteroatoms. The van der Waals surface area contributed by atoms with Crippen LogP contribution >= 0.6 is 0 Å². The van der Waals surface area contributed by atoms with E-state index in [0.29, 0.717) is 11.9 Å². The van der Waals surface area contributed by atoms with E-state index in [9.17, 15) is 4.79 Å². The molecule has 1 aromatic rings. The fraction of sp³-hybridized carbons (Fsp3) is 0.562. The molecule has 2 aliphatic carbocycles. The molecule has 1 unspecified atom stereocenters. The van der Waals surface area contributed by atoms with Gasteiger partial charge in [-0.15, -0.1) is 0 Å². The van der Waals surface area contributed by atoms with Crippen LogP contribution in [0.15, 0.2) is 24.3 Å². The van der Waals surface area contributed by atoms with Crippen LogP contribution in [-0.2, 0) is 4.79 Å². The molecule has 2 nitrogen and oxygen atoms in total. The van der Waals surface area contributed by atoms with Gasteiger partial charge < -0.3 is 4.74 Å². The number of hydrogen-bond acceptors (Lipinski definition) is 2. The Morgan fingerprint density at radius 2 is 1.72 bits per heavy atom. The summed E-state index contributed by atoms with van der Waals surface area (Å²) in [7, 11) is 0. The van der Waals surface area contributed by atoms with Crippen molar-refractivity contribution in [3.8, 4) is 5.75 Å². The third kappa shape index (κ3) is 2.74. The van der Waals surface area contributed by atoms with Gasteiger partial charge in [-0.05, 0) is 43.4 Å². The predicted molar refractivity (Wildman–Crippen MR) is 70.9 cm³/mol. The van der Waals surface area contributed by atoms with Gasteiger partial charge >= 0.3 is 0 Å². The number of ketones is 1. The van der Waals surface area contributed by atoms with Gasteiger partial charge in [-0.1, -0.05) is 25.0 Å². The molecule has 3 rings (SSSR count). The van der Waals surface area contributed by atoms with Crippen molar-refractivity contribution in [3.05, 3.63) is 29.8 Å². The second-order valence-electron chi connectivity index (χ2n) is 5.50. The fourth-order valence-corrected chi connectivity index (χ4v) is 2.67. The molecule has 0 N–H and O–H groups in total. The second-order valence-corrected chi connectivity index (χ2v) is 5.50. The number of carbonyl (C=O) groups excluding carboxylic acids is 1. The van der Waals surface area contributed by atoms with Crippen LogP contribution in [0, 0.1) is 0 Å². The minimum Gasteiger partial charge on any atom is -0.490 e. The summed E-state index contributed by atoms with van der Waals surface area (Å²) < 4.78 is 5.73. The molecule has 0 bridgehead atoms. The van der Waals surface area contributed by atoms with Gasteiger partial charge in [0, 0.05) is 12.3 Å². The Morgan fingerprint density at radius 3 is 2.44 bits per heavy atom. The van der Waals surface area contributed by atoms with E-state index in [1.54, 1.807) is 0 Å². The third-order valence-electron chi connectivity index (χ3n) is 3.91. The van der Waals surface area contributed by atoms with Crippen molar-refractivity contribution >= 4 is 5.78 Å². The minimum absolute atomic E-state index is 0.127. The number of ether oxygens (including phenoxy) is 1. The van der Waals surface area contributed by atoms with Crippen molar-refractivity contribution < 1.29 is 9.53 Å². The SMILES string of the molecule is O=C1CCCCCC1c1ccc(OC2CC2)cc1. The number of hydrogen-bond donors (Lipinski definition) is 0. The Hall–Kier alpha value is -1.31. The molecule has 96 valence electrons. The van der Waals surface area contributed by atoms with Gasteiger partial charge in [-0.25, -0.2) is 0 Å². The molecule has 0 aromatic heterocycles. The summed E-state index contributed by atoms with van der Waals surface area (Å²) in [6, 6.07) is 8.19. The van der Waals surface area contributed by atoms with Crippen LogP contribution in [0.4, 0.5) is 0 Å². The summed E-state index contributed by atoms with van der Waals surface area (Å²) >= 11 is 0. The summed E-state index contributed by atoms with van der Waals surface area (Å²) in [5.41, 5.74) is 1.17. The topological polar surface area (TPSA) is 26.3 Å². The maximum absolute atomic E-state index is 12.1. The van der Waals surface area contributed by atoms with E-state index in [1.807, 2.05) is 12.1 Å². The number of rotatable bonds is 3. The quantitative estimate of drug-likeness (QED) is 0.755. The Labute approximate surface area is 108 Å². The van der Waals surface area contributed by atoms with Gasteiger partial charge in [0.2, 0.25) is 0 Å². The Kier molecular flexibility index (Phi) is 3.35. The summed E-state index contributed by atoms with van der Waals surface area (Å²) in [5.74, 6) is 1.49. The molecule has 0 spiro atoms. The van der Waals surface area contributed by atoms with E-state index in [1.165, 1.54) is 31.2 Å². The van der Waals surface area contributed by atoms with Crippen molar-refractivity contribution in [2.24, 2.45) is 0 Å². The molecule has 2 aliphatic rings. The zero-order chi connectivity index (χ0) is 12.4. The highest BCUT2D eigenvalue weighted by atomic mass is 16.5. The van der Waals surface area contributed by atoms with Gasteiger partial charge in [0.25, 0.3) is 0 Å². The van der Waals surface area contributed by atoms with Crippen LogP contribution in [0.3, 0.4) is 0 Å². The van der Waals surface area contributed by atoms with Gasteiger partial charge in [-0.2, -0.15) is 0 Å². The molecule has 1 aromatic carbocycles. The first-order valence-corrected chi connectivity index (χ1v) is 7.12. The van der Waals surface area contributed by atoms with Crippen LogP contribution in [-0.4, -0.2) is 11.9 Å². The van der Waals surface area contributed by atoms with E-state index < -0.39 is 0 Å².